The number of carbonyl (C=O) groups excluding carboxylic acids is 1. The maximum atomic E-state index is 11.4. The normalized spacial score (nSPS) is 11.4. The van der Waals surface area contributed by atoms with Gasteiger partial charge in [-0.1, -0.05) is 0 Å². The number of rotatable bonds is 3. The summed E-state index contributed by atoms with van der Waals surface area (Å²) < 4.78 is 1.74. The van der Waals surface area contributed by atoms with Crippen LogP contribution in [0.15, 0.2) is 12.4 Å². The first-order valence-electron chi connectivity index (χ1n) is 4.46. The van der Waals surface area contributed by atoms with Crippen LogP contribution in [0.1, 0.15) is 19.4 Å². The molecule has 0 aliphatic rings. The van der Waals surface area contributed by atoms with Gasteiger partial charge in [-0.25, -0.2) is 5.84 Å². The summed E-state index contributed by atoms with van der Waals surface area (Å²) in [6, 6.07) is 0. The minimum atomic E-state index is -0.548. The number of hydrazine groups is 1. The zero-order chi connectivity index (χ0) is 10.8. The summed E-state index contributed by atoms with van der Waals surface area (Å²) in [5.41, 5.74) is 2.68. The van der Waals surface area contributed by atoms with Crippen LogP contribution in [0, 0.1) is 12.3 Å². The topological polar surface area (TPSA) is 72.9 Å². The van der Waals surface area contributed by atoms with Gasteiger partial charge in [-0.2, -0.15) is 5.10 Å². The van der Waals surface area contributed by atoms with Gasteiger partial charge < -0.3 is 0 Å². The summed E-state index contributed by atoms with van der Waals surface area (Å²) >= 11 is 0. The highest BCUT2D eigenvalue weighted by molar-refractivity contribution is 5.81. The van der Waals surface area contributed by atoms with Gasteiger partial charge in [0.2, 0.25) is 5.91 Å². The minimum absolute atomic E-state index is 0.189. The van der Waals surface area contributed by atoms with E-state index in [1.807, 2.05) is 27.0 Å². The molecule has 5 heteroatoms. The number of aromatic nitrogens is 2. The van der Waals surface area contributed by atoms with E-state index in [0.29, 0.717) is 6.54 Å². The first kappa shape index (κ1) is 10.7. The first-order chi connectivity index (χ1) is 6.45. The maximum absolute atomic E-state index is 11.4. The fraction of sp³-hybridized carbons (Fsp3) is 0.556. The number of carbonyl (C=O) groups is 1. The Labute approximate surface area is 83.2 Å². The molecule has 0 fully saturated rings. The van der Waals surface area contributed by atoms with Gasteiger partial charge in [0.1, 0.15) is 0 Å². The van der Waals surface area contributed by atoms with Crippen molar-refractivity contribution in [1.29, 1.82) is 0 Å². The fourth-order valence-electron chi connectivity index (χ4n) is 1.23. The summed E-state index contributed by atoms with van der Waals surface area (Å²) in [4.78, 5) is 11.4. The van der Waals surface area contributed by atoms with Crippen LogP contribution in [0.2, 0.25) is 0 Å². The van der Waals surface area contributed by atoms with Crippen LogP contribution >= 0.6 is 0 Å². The molecule has 1 amide bonds. The van der Waals surface area contributed by atoms with E-state index in [9.17, 15) is 4.79 Å². The Morgan fingerprint density at radius 2 is 2.36 bits per heavy atom. The molecule has 1 heterocycles. The lowest BCUT2D eigenvalue weighted by atomic mass is 9.93. The molecular weight excluding hydrogens is 180 g/mol. The van der Waals surface area contributed by atoms with E-state index >= 15 is 0 Å². The van der Waals surface area contributed by atoms with Crippen molar-refractivity contribution in [2.24, 2.45) is 11.3 Å². The number of aryl methyl sites for hydroxylation is 1. The Kier molecular flexibility index (Phi) is 2.90. The van der Waals surface area contributed by atoms with Crippen molar-refractivity contribution in [3.8, 4) is 0 Å². The smallest absolute Gasteiger partial charge is 0.241 e. The molecule has 0 atom stereocenters. The average molecular weight is 196 g/mol. The van der Waals surface area contributed by atoms with Crippen LogP contribution in [0.3, 0.4) is 0 Å². The molecule has 0 aromatic carbocycles. The summed E-state index contributed by atoms with van der Waals surface area (Å²) in [5.74, 6) is 4.90. The molecular formula is C9H16N4O. The molecule has 1 rings (SSSR count). The number of nitrogens with one attached hydrogen (secondary N) is 1. The van der Waals surface area contributed by atoms with E-state index in [1.165, 1.54) is 0 Å². The standard InChI is InChI=1S/C9H16N4O/c1-7-4-11-13(5-7)6-9(2,3)8(14)12-10/h4-5H,6,10H2,1-3H3,(H,12,14). The number of nitrogens with zero attached hydrogens (tertiary/aromatic N) is 2. The molecule has 0 aliphatic carbocycles. The van der Waals surface area contributed by atoms with E-state index in [-0.39, 0.29) is 5.91 Å². The van der Waals surface area contributed by atoms with Crippen LogP contribution in [0.4, 0.5) is 0 Å². The molecule has 14 heavy (non-hydrogen) atoms. The molecule has 0 saturated heterocycles. The Morgan fingerprint density at radius 3 is 2.79 bits per heavy atom. The van der Waals surface area contributed by atoms with Crippen molar-refractivity contribution in [3.63, 3.8) is 0 Å². The second-order valence-electron chi connectivity index (χ2n) is 4.07. The number of hydrogen-bond donors (Lipinski definition) is 2. The molecule has 0 saturated carbocycles. The van der Waals surface area contributed by atoms with Gasteiger partial charge in [-0.15, -0.1) is 0 Å². The number of nitrogens with two attached hydrogens (primary N) is 1. The van der Waals surface area contributed by atoms with Gasteiger partial charge >= 0.3 is 0 Å². The third-order valence-corrected chi connectivity index (χ3v) is 2.07. The molecule has 0 bridgehead atoms. The minimum Gasteiger partial charge on any atom is -0.294 e. The lowest BCUT2D eigenvalue weighted by Crippen LogP contribution is -2.43. The monoisotopic (exact) mass is 196 g/mol. The quantitative estimate of drug-likeness (QED) is 0.412. The summed E-state index contributed by atoms with van der Waals surface area (Å²) in [7, 11) is 0. The van der Waals surface area contributed by atoms with Crippen molar-refractivity contribution >= 4 is 5.91 Å². The summed E-state index contributed by atoms with van der Waals surface area (Å²) in [5, 5.41) is 4.11. The second kappa shape index (κ2) is 3.79. The predicted molar refractivity (Wildman–Crippen MR) is 53.1 cm³/mol. The van der Waals surface area contributed by atoms with Crippen molar-refractivity contribution < 1.29 is 4.79 Å². The molecule has 1 aromatic heterocycles. The number of hydrogen-bond acceptors (Lipinski definition) is 3. The van der Waals surface area contributed by atoms with Gasteiger partial charge in [-0.3, -0.25) is 14.9 Å². The van der Waals surface area contributed by atoms with E-state index in [2.05, 4.69) is 10.5 Å². The van der Waals surface area contributed by atoms with Crippen LogP contribution in [-0.2, 0) is 11.3 Å². The summed E-state index contributed by atoms with van der Waals surface area (Å²) in [6.07, 6.45) is 3.65. The van der Waals surface area contributed by atoms with Gasteiger partial charge in [0, 0.05) is 6.20 Å². The Bertz CT molecular complexity index is 329. The molecule has 1 aromatic rings. The average Bonchev–Trinajstić information content (AvgIpc) is 2.48. The van der Waals surface area contributed by atoms with Crippen molar-refractivity contribution in [1.82, 2.24) is 15.2 Å². The van der Waals surface area contributed by atoms with Gasteiger partial charge in [0.15, 0.2) is 0 Å². The number of amides is 1. The Balaban J connectivity index is 2.72. The third kappa shape index (κ3) is 2.32. The lowest BCUT2D eigenvalue weighted by Gasteiger charge is -2.21. The van der Waals surface area contributed by atoms with E-state index in [0.717, 1.165) is 5.56 Å². The molecule has 0 unspecified atom stereocenters. The zero-order valence-corrected chi connectivity index (χ0v) is 8.74. The van der Waals surface area contributed by atoms with Crippen molar-refractivity contribution in [2.75, 3.05) is 0 Å². The van der Waals surface area contributed by atoms with Crippen LogP contribution < -0.4 is 11.3 Å². The van der Waals surface area contributed by atoms with Crippen LogP contribution in [-0.4, -0.2) is 15.7 Å². The summed E-state index contributed by atoms with van der Waals surface area (Å²) in [6.45, 7) is 6.13. The molecule has 0 aliphatic heterocycles. The predicted octanol–water partition coefficient (Wildman–Crippen LogP) is 0.208. The van der Waals surface area contributed by atoms with Crippen molar-refractivity contribution in [2.45, 2.75) is 27.3 Å². The molecule has 0 radical (unpaired) electrons. The van der Waals surface area contributed by atoms with E-state index < -0.39 is 5.41 Å². The maximum Gasteiger partial charge on any atom is 0.241 e. The molecule has 5 nitrogen and oxygen atoms in total. The van der Waals surface area contributed by atoms with E-state index in [1.54, 1.807) is 10.9 Å². The van der Waals surface area contributed by atoms with Crippen LogP contribution in [0.5, 0.6) is 0 Å². The highest BCUT2D eigenvalue weighted by atomic mass is 16.2. The fourth-order valence-corrected chi connectivity index (χ4v) is 1.23. The Hall–Kier alpha value is -1.36. The largest absolute Gasteiger partial charge is 0.294 e. The zero-order valence-electron chi connectivity index (χ0n) is 8.74. The third-order valence-electron chi connectivity index (χ3n) is 2.07. The highest BCUT2D eigenvalue weighted by Crippen LogP contribution is 2.17. The first-order valence-corrected chi connectivity index (χ1v) is 4.46. The molecule has 78 valence electrons. The SMILES string of the molecule is Cc1cnn(CC(C)(C)C(=O)NN)c1. The van der Waals surface area contributed by atoms with Crippen molar-refractivity contribution in [3.05, 3.63) is 18.0 Å². The lowest BCUT2D eigenvalue weighted by molar-refractivity contribution is -0.130. The van der Waals surface area contributed by atoms with Crippen LogP contribution in [0.25, 0.3) is 0 Å². The van der Waals surface area contributed by atoms with Gasteiger partial charge in [0.25, 0.3) is 0 Å². The van der Waals surface area contributed by atoms with E-state index in [4.69, 9.17) is 5.84 Å². The Morgan fingerprint density at radius 1 is 1.71 bits per heavy atom. The highest BCUT2D eigenvalue weighted by Gasteiger charge is 2.27. The van der Waals surface area contributed by atoms with Gasteiger partial charge in [-0.05, 0) is 26.3 Å². The molecule has 0 spiro atoms. The van der Waals surface area contributed by atoms with Gasteiger partial charge in [0.05, 0.1) is 18.2 Å². The second-order valence-corrected chi connectivity index (χ2v) is 4.07. The molecule has 3 N–H and O–H groups in total.